The van der Waals surface area contributed by atoms with Gasteiger partial charge in [0.2, 0.25) is 11.8 Å². The Bertz CT molecular complexity index is 1740. The third kappa shape index (κ3) is 4.95. The highest BCUT2D eigenvalue weighted by atomic mass is 16.5. The summed E-state index contributed by atoms with van der Waals surface area (Å²) in [5, 5.41) is 0.827. The van der Waals surface area contributed by atoms with Crippen molar-refractivity contribution >= 4 is 22.6 Å². The molecular formula is C33H33N5O4. The highest BCUT2D eigenvalue weighted by Crippen LogP contribution is 2.51. The molecule has 1 aliphatic heterocycles. The minimum atomic E-state index is -0.0154. The van der Waals surface area contributed by atoms with Crippen LogP contribution in [-0.2, 0) is 16.1 Å². The Hall–Kier alpha value is -4.81. The second-order valence-corrected chi connectivity index (χ2v) is 10.6. The van der Waals surface area contributed by atoms with Crippen molar-refractivity contribution in [1.29, 1.82) is 0 Å². The van der Waals surface area contributed by atoms with Gasteiger partial charge in [-0.05, 0) is 60.6 Å². The van der Waals surface area contributed by atoms with E-state index in [-0.39, 0.29) is 11.8 Å². The molecule has 1 aliphatic carbocycles. The van der Waals surface area contributed by atoms with Gasteiger partial charge in [0.05, 0.1) is 24.6 Å². The molecule has 42 heavy (non-hydrogen) atoms. The first-order valence-corrected chi connectivity index (χ1v) is 13.9. The van der Waals surface area contributed by atoms with Crippen LogP contribution >= 0.6 is 0 Å². The number of fused-ring (bicyclic) bond motifs is 2. The number of rotatable bonds is 8. The minimum Gasteiger partial charge on any atom is -0.493 e. The summed E-state index contributed by atoms with van der Waals surface area (Å²) in [5.74, 6) is 10.1. The number of nitrogens with two attached hydrogens (primary N) is 1. The van der Waals surface area contributed by atoms with Gasteiger partial charge in [-0.2, -0.15) is 0 Å². The lowest BCUT2D eigenvalue weighted by Gasteiger charge is -2.16. The molecular weight excluding hydrogens is 530 g/mol. The van der Waals surface area contributed by atoms with Crippen LogP contribution in [0.25, 0.3) is 22.0 Å². The molecule has 4 heterocycles. The average molecular weight is 564 g/mol. The molecule has 0 bridgehead atoms. The van der Waals surface area contributed by atoms with E-state index in [0.29, 0.717) is 48.2 Å². The van der Waals surface area contributed by atoms with Gasteiger partial charge in [-0.3, -0.25) is 4.79 Å². The fourth-order valence-electron chi connectivity index (χ4n) is 5.94. The Kier molecular flexibility index (Phi) is 7.31. The van der Waals surface area contributed by atoms with Crippen molar-refractivity contribution < 1.29 is 19.0 Å². The maximum Gasteiger partial charge on any atom is 0.245 e. The summed E-state index contributed by atoms with van der Waals surface area (Å²) in [4.78, 5) is 22.8. The standard InChI is InChI=1S/C33H33N5O4/c1-5-30(39)37-18-23-22(24(23)19-37)10-11-25-31(32-26(13-14-35-33(32)34)38(25)15-16-40-3)21-9-12-27(28(17-21)41-4)42-29-8-6-7-20(2)36-29/h5-9,12-14,17,22-24H,1,15-16,18-19H2,2-4H3,(H2,34,35)/t22-,23-,24+. The maximum atomic E-state index is 12.1. The van der Waals surface area contributed by atoms with Gasteiger partial charge in [-0.1, -0.05) is 24.6 Å². The Balaban J connectivity index is 1.43. The van der Waals surface area contributed by atoms with Crippen LogP contribution in [0.1, 0.15) is 11.4 Å². The normalized spacial score (nSPS) is 18.7. The molecule has 1 amide bonds. The number of likely N-dealkylation sites (tertiary alicyclic amines) is 1. The number of benzene rings is 1. The third-order valence-corrected chi connectivity index (χ3v) is 8.09. The van der Waals surface area contributed by atoms with E-state index >= 15 is 0 Å². The van der Waals surface area contributed by atoms with Gasteiger partial charge in [0, 0.05) is 56.2 Å². The molecule has 4 aromatic rings. The molecule has 6 rings (SSSR count). The number of amides is 1. The topological polar surface area (TPSA) is 105 Å². The first-order valence-electron chi connectivity index (χ1n) is 13.9. The van der Waals surface area contributed by atoms with Gasteiger partial charge in [-0.15, -0.1) is 0 Å². The number of aryl methyl sites for hydroxylation is 1. The van der Waals surface area contributed by atoms with Crippen LogP contribution in [0.2, 0.25) is 0 Å². The van der Waals surface area contributed by atoms with Gasteiger partial charge < -0.3 is 29.4 Å². The van der Waals surface area contributed by atoms with Crippen molar-refractivity contribution in [3.05, 3.63) is 72.7 Å². The second kappa shape index (κ2) is 11.2. The summed E-state index contributed by atoms with van der Waals surface area (Å²) in [7, 11) is 3.29. The van der Waals surface area contributed by atoms with E-state index in [1.165, 1.54) is 6.08 Å². The first-order chi connectivity index (χ1) is 20.4. The lowest BCUT2D eigenvalue weighted by molar-refractivity contribution is -0.125. The van der Waals surface area contributed by atoms with E-state index in [2.05, 4.69) is 33.0 Å². The number of hydrogen-bond donors (Lipinski definition) is 1. The number of methoxy groups -OCH3 is 2. The van der Waals surface area contributed by atoms with Gasteiger partial charge in [0.15, 0.2) is 11.5 Å². The van der Waals surface area contributed by atoms with Crippen molar-refractivity contribution in [2.24, 2.45) is 17.8 Å². The molecule has 1 saturated carbocycles. The number of anilines is 1. The summed E-state index contributed by atoms with van der Waals surface area (Å²) in [6.45, 7) is 8.08. The smallest absolute Gasteiger partial charge is 0.245 e. The van der Waals surface area contributed by atoms with Crippen molar-refractivity contribution in [3.8, 4) is 40.3 Å². The largest absolute Gasteiger partial charge is 0.493 e. The summed E-state index contributed by atoms with van der Waals surface area (Å²) in [5.41, 5.74) is 10.9. The van der Waals surface area contributed by atoms with Gasteiger partial charge in [0.25, 0.3) is 0 Å². The number of pyridine rings is 2. The number of carbonyl (C=O) groups excluding carboxylic acids is 1. The van der Waals surface area contributed by atoms with Crippen LogP contribution in [0.15, 0.2) is 61.3 Å². The minimum absolute atomic E-state index is 0.0154. The second-order valence-electron chi connectivity index (χ2n) is 10.6. The van der Waals surface area contributed by atoms with E-state index in [0.717, 1.165) is 46.5 Å². The average Bonchev–Trinajstić information content (AvgIpc) is 3.29. The zero-order valence-electron chi connectivity index (χ0n) is 24.0. The van der Waals surface area contributed by atoms with Gasteiger partial charge in [0.1, 0.15) is 11.5 Å². The number of carbonyl (C=O) groups is 1. The van der Waals surface area contributed by atoms with E-state index in [9.17, 15) is 4.79 Å². The fourth-order valence-corrected chi connectivity index (χ4v) is 5.94. The number of aromatic nitrogens is 3. The zero-order chi connectivity index (χ0) is 29.4. The monoisotopic (exact) mass is 563 g/mol. The molecule has 1 saturated heterocycles. The van der Waals surface area contributed by atoms with Gasteiger partial charge >= 0.3 is 0 Å². The number of nitrogen functional groups attached to an aromatic ring is 1. The number of piperidine rings is 1. The van der Waals surface area contributed by atoms with Crippen LogP contribution in [0.5, 0.6) is 17.4 Å². The van der Waals surface area contributed by atoms with Crippen LogP contribution in [0.4, 0.5) is 5.82 Å². The Morgan fingerprint density at radius 2 is 1.98 bits per heavy atom. The predicted molar refractivity (Wildman–Crippen MR) is 161 cm³/mol. The summed E-state index contributed by atoms with van der Waals surface area (Å²) >= 11 is 0. The van der Waals surface area contributed by atoms with Crippen molar-refractivity contribution in [1.82, 2.24) is 19.4 Å². The summed E-state index contributed by atoms with van der Waals surface area (Å²) < 4.78 is 19.4. The van der Waals surface area contributed by atoms with Crippen LogP contribution < -0.4 is 15.2 Å². The fraction of sp³-hybridized carbons (Fsp3) is 0.303. The van der Waals surface area contributed by atoms with Crippen LogP contribution in [0, 0.1) is 36.5 Å². The highest BCUT2D eigenvalue weighted by Gasteiger charge is 2.55. The SMILES string of the molecule is C=CC(=O)N1C[C@@H]2[C@@H](C#Cc3c(-c4ccc(Oc5cccc(C)n5)c(OC)c4)c4c(N)nccc4n3CCOC)[C@@H]2C1. The molecule has 9 heteroatoms. The highest BCUT2D eigenvalue weighted by molar-refractivity contribution is 6.05. The lowest BCUT2D eigenvalue weighted by atomic mass is 10.0. The Morgan fingerprint density at radius 3 is 2.69 bits per heavy atom. The molecule has 3 atom stereocenters. The molecule has 2 aliphatic rings. The molecule has 0 unspecified atom stereocenters. The molecule has 9 nitrogen and oxygen atoms in total. The van der Waals surface area contributed by atoms with E-state index < -0.39 is 0 Å². The molecule has 0 spiro atoms. The van der Waals surface area contributed by atoms with Gasteiger partial charge in [-0.25, -0.2) is 9.97 Å². The first kappa shape index (κ1) is 27.4. The van der Waals surface area contributed by atoms with E-state index in [4.69, 9.17) is 19.9 Å². The Morgan fingerprint density at radius 1 is 1.17 bits per heavy atom. The summed E-state index contributed by atoms with van der Waals surface area (Å²) in [6.07, 6.45) is 3.09. The predicted octanol–water partition coefficient (Wildman–Crippen LogP) is 4.68. The lowest BCUT2D eigenvalue weighted by Crippen LogP contribution is -2.29. The van der Waals surface area contributed by atoms with E-state index in [1.54, 1.807) is 20.4 Å². The zero-order valence-corrected chi connectivity index (χ0v) is 24.0. The number of ether oxygens (including phenoxy) is 3. The molecule has 2 N–H and O–H groups in total. The van der Waals surface area contributed by atoms with Crippen molar-refractivity contribution in [2.45, 2.75) is 13.5 Å². The molecule has 3 aromatic heterocycles. The third-order valence-electron chi connectivity index (χ3n) is 8.09. The molecule has 2 fully saturated rings. The quantitative estimate of drug-likeness (QED) is 0.245. The van der Waals surface area contributed by atoms with E-state index in [1.807, 2.05) is 54.3 Å². The van der Waals surface area contributed by atoms with Crippen LogP contribution in [0.3, 0.4) is 0 Å². The molecule has 214 valence electrons. The number of hydrogen-bond acceptors (Lipinski definition) is 7. The van der Waals surface area contributed by atoms with Crippen LogP contribution in [-0.4, -0.2) is 59.3 Å². The Labute approximate surface area is 244 Å². The van der Waals surface area contributed by atoms with Crippen molar-refractivity contribution in [3.63, 3.8) is 0 Å². The molecule has 1 aromatic carbocycles. The maximum absolute atomic E-state index is 12.1. The van der Waals surface area contributed by atoms with Crippen molar-refractivity contribution in [2.75, 3.05) is 39.6 Å². The molecule has 0 radical (unpaired) electrons. The number of nitrogens with zero attached hydrogens (tertiary/aromatic N) is 4. The summed E-state index contributed by atoms with van der Waals surface area (Å²) in [6, 6.07) is 13.4.